The van der Waals surface area contributed by atoms with E-state index in [1.165, 1.54) is 6.20 Å². The maximum absolute atomic E-state index is 13.2. The van der Waals surface area contributed by atoms with Crippen LogP contribution in [-0.2, 0) is 12.7 Å². The minimum atomic E-state index is -4.81. The van der Waals surface area contributed by atoms with Gasteiger partial charge in [0.05, 0.1) is 5.56 Å². The highest BCUT2D eigenvalue weighted by Gasteiger charge is 2.35. The molecule has 3 nitrogen and oxygen atoms in total. The summed E-state index contributed by atoms with van der Waals surface area (Å²) < 4.78 is 52.7. The zero-order valence-corrected chi connectivity index (χ0v) is 10.5. The fraction of sp³-hybridized carbons (Fsp3) is 0.308. The summed E-state index contributed by atoms with van der Waals surface area (Å²) in [5.41, 5.74) is -1.46. The van der Waals surface area contributed by atoms with E-state index in [4.69, 9.17) is 0 Å². The second kappa shape index (κ2) is 5.24. The van der Waals surface area contributed by atoms with E-state index < -0.39 is 23.7 Å². The topological polar surface area (TPSA) is 38.0 Å². The first-order chi connectivity index (χ1) is 9.34. The SMILES string of the molecule is CCn1ccnc1C(O)c1ccc(F)c(C(F)(F)F)c1. The van der Waals surface area contributed by atoms with Crippen LogP contribution < -0.4 is 0 Å². The van der Waals surface area contributed by atoms with Crippen molar-refractivity contribution < 1.29 is 22.7 Å². The largest absolute Gasteiger partial charge is 0.419 e. The lowest BCUT2D eigenvalue weighted by Gasteiger charge is -2.15. The molecule has 0 bridgehead atoms. The van der Waals surface area contributed by atoms with Crippen LogP contribution in [0.15, 0.2) is 30.6 Å². The molecule has 2 rings (SSSR count). The number of hydrogen-bond acceptors (Lipinski definition) is 2. The molecule has 0 spiro atoms. The van der Waals surface area contributed by atoms with Gasteiger partial charge in [0.25, 0.3) is 0 Å². The van der Waals surface area contributed by atoms with E-state index in [2.05, 4.69) is 4.98 Å². The van der Waals surface area contributed by atoms with Crippen molar-refractivity contribution in [1.29, 1.82) is 0 Å². The van der Waals surface area contributed by atoms with Gasteiger partial charge in [0, 0.05) is 18.9 Å². The molecule has 0 aliphatic carbocycles. The summed E-state index contributed by atoms with van der Waals surface area (Å²) in [6, 6.07) is 2.42. The highest BCUT2D eigenvalue weighted by Crippen LogP contribution is 2.33. The van der Waals surface area contributed by atoms with E-state index in [9.17, 15) is 22.7 Å². The number of aromatic nitrogens is 2. The van der Waals surface area contributed by atoms with E-state index in [0.717, 1.165) is 6.07 Å². The Labute approximate surface area is 112 Å². The molecule has 2 aromatic rings. The first kappa shape index (κ1) is 14.5. The second-order valence-corrected chi connectivity index (χ2v) is 4.21. The van der Waals surface area contributed by atoms with Gasteiger partial charge in [-0.25, -0.2) is 9.37 Å². The van der Waals surface area contributed by atoms with Gasteiger partial charge in [-0.05, 0) is 24.6 Å². The average Bonchev–Trinajstić information content (AvgIpc) is 2.85. The summed E-state index contributed by atoms with van der Waals surface area (Å²) in [5, 5.41) is 10.1. The van der Waals surface area contributed by atoms with Gasteiger partial charge >= 0.3 is 6.18 Å². The Balaban J connectivity index is 2.43. The van der Waals surface area contributed by atoms with Gasteiger partial charge in [0.2, 0.25) is 0 Å². The van der Waals surface area contributed by atoms with Gasteiger partial charge in [0.15, 0.2) is 0 Å². The number of halogens is 4. The number of aliphatic hydroxyl groups excluding tert-OH is 1. The summed E-state index contributed by atoms with van der Waals surface area (Å²) in [6.07, 6.45) is -3.10. The van der Waals surface area contributed by atoms with E-state index in [1.807, 2.05) is 6.92 Å². The Kier molecular flexibility index (Phi) is 3.80. The normalized spacial score (nSPS) is 13.5. The molecule has 0 saturated heterocycles. The maximum atomic E-state index is 13.2. The van der Waals surface area contributed by atoms with Gasteiger partial charge in [-0.3, -0.25) is 0 Å². The predicted molar refractivity (Wildman–Crippen MR) is 63.4 cm³/mol. The van der Waals surface area contributed by atoms with Crippen LogP contribution in [-0.4, -0.2) is 14.7 Å². The molecule has 0 amide bonds. The number of hydrogen-bond donors (Lipinski definition) is 1. The van der Waals surface area contributed by atoms with Crippen LogP contribution in [0.5, 0.6) is 0 Å². The molecule has 0 aliphatic rings. The zero-order chi connectivity index (χ0) is 14.9. The van der Waals surface area contributed by atoms with Gasteiger partial charge < -0.3 is 9.67 Å². The maximum Gasteiger partial charge on any atom is 0.419 e. The second-order valence-electron chi connectivity index (χ2n) is 4.21. The molecule has 0 aliphatic heterocycles. The lowest BCUT2D eigenvalue weighted by molar-refractivity contribution is -0.140. The third kappa shape index (κ3) is 2.67. The van der Waals surface area contributed by atoms with Crippen molar-refractivity contribution in [3.05, 3.63) is 53.4 Å². The van der Waals surface area contributed by atoms with Gasteiger partial charge in [-0.2, -0.15) is 13.2 Å². The first-order valence-electron chi connectivity index (χ1n) is 5.90. The smallest absolute Gasteiger partial charge is 0.380 e. The van der Waals surface area contributed by atoms with Crippen molar-refractivity contribution in [3.8, 4) is 0 Å². The van der Waals surface area contributed by atoms with Crippen molar-refractivity contribution in [2.45, 2.75) is 25.7 Å². The number of imidazole rings is 1. The highest BCUT2D eigenvalue weighted by molar-refractivity contribution is 5.31. The van der Waals surface area contributed by atoms with E-state index in [1.54, 1.807) is 10.8 Å². The van der Waals surface area contributed by atoms with Crippen LogP contribution in [0, 0.1) is 5.82 Å². The molecule has 0 saturated carbocycles. The van der Waals surface area contributed by atoms with Crippen LogP contribution in [0.1, 0.15) is 30.0 Å². The Bertz CT molecular complexity index is 607. The van der Waals surface area contributed by atoms with E-state index >= 15 is 0 Å². The first-order valence-corrected chi connectivity index (χ1v) is 5.90. The summed E-state index contributed by atoms with van der Waals surface area (Å²) in [4.78, 5) is 3.92. The average molecular weight is 288 g/mol. The number of aryl methyl sites for hydroxylation is 1. The molecule has 0 fully saturated rings. The van der Waals surface area contributed by atoms with Crippen LogP contribution in [0.25, 0.3) is 0 Å². The minimum Gasteiger partial charge on any atom is -0.380 e. The summed E-state index contributed by atoms with van der Waals surface area (Å²) in [7, 11) is 0. The van der Waals surface area contributed by atoms with Crippen LogP contribution >= 0.6 is 0 Å². The number of nitrogens with zero attached hydrogens (tertiary/aromatic N) is 2. The quantitative estimate of drug-likeness (QED) is 0.881. The van der Waals surface area contributed by atoms with Gasteiger partial charge in [0.1, 0.15) is 17.7 Å². The molecular weight excluding hydrogens is 276 g/mol. The molecule has 7 heteroatoms. The van der Waals surface area contributed by atoms with Crippen molar-refractivity contribution in [1.82, 2.24) is 9.55 Å². The standard InChI is InChI=1S/C13H12F4N2O/c1-2-19-6-5-18-12(19)11(20)8-3-4-10(14)9(7-8)13(15,16)17/h3-7,11,20H,2H2,1H3. The third-order valence-corrected chi connectivity index (χ3v) is 2.94. The highest BCUT2D eigenvalue weighted by atomic mass is 19.4. The van der Waals surface area contributed by atoms with Gasteiger partial charge in [-0.15, -0.1) is 0 Å². The monoisotopic (exact) mass is 288 g/mol. The van der Waals surface area contributed by atoms with Crippen LogP contribution in [0.4, 0.5) is 17.6 Å². The van der Waals surface area contributed by atoms with Crippen molar-refractivity contribution in [3.63, 3.8) is 0 Å². The fourth-order valence-electron chi connectivity index (χ4n) is 1.92. The Morgan fingerprint density at radius 1 is 1.35 bits per heavy atom. The summed E-state index contributed by atoms with van der Waals surface area (Å²) in [5.74, 6) is -1.15. The number of aliphatic hydroxyl groups is 1. The Morgan fingerprint density at radius 2 is 2.05 bits per heavy atom. The molecule has 1 aromatic carbocycles. The van der Waals surface area contributed by atoms with Gasteiger partial charge in [-0.1, -0.05) is 6.07 Å². The lowest BCUT2D eigenvalue weighted by atomic mass is 10.0. The number of alkyl halides is 3. The van der Waals surface area contributed by atoms with Crippen molar-refractivity contribution in [2.75, 3.05) is 0 Å². The Hall–Kier alpha value is -1.89. The van der Waals surface area contributed by atoms with E-state index in [0.29, 0.717) is 18.7 Å². The number of benzene rings is 1. The lowest BCUT2D eigenvalue weighted by Crippen LogP contribution is -2.12. The molecule has 1 N–H and O–H groups in total. The predicted octanol–water partition coefficient (Wildman–Crippen LogP) is 3.14. The third-order valence-electron chi connectivity index (χ3n) is 2.94. The number of rotatable bonds is 3. The molecule has 108 valence electrons. The van der Waals surface area contributed by atoms with Crippen molar-refractivity contribution >= 4 is 0 Å². The van der Waals surface area contributed by atoms with E-state index in [-0.39, 0.29) is 11.4 Å². The van der Waals surface area contributed by atoms with Crippen molar-refractivity contribution in [2.24, 2.45) is 0 Å². The molecule has 1 atom stereocenters. The van der Waals surface area contributed by atoms with Crippen LogP contribution in [0.3, 0.4) is 0 Å². The summed E-state index contributed by atoms with van der Waals surface area (Å²) in [6.45, 7) is 2.32. The Morgan fingerprint density at radius 3 is 2.65 bits per heavy atom. The molecule has 20 heavy (non-hydrogen) atoms. The molecule has 0 radical (unpaired) electrons. The molecular formula is C13H12F4N2O. The molecule has 1 unspecified atom stereocenters. The minimum absolute atomic E-state index is 0.0559. The van der Waals surface area contributed by atoms with Crippen LogP contribution in [0.2, 0.25) is 0 Å². The molecule has 1 heterocycles. The zero-order valence-electron chi connectivity index (χ0n) is 10.5. The fourth-order valence-corrected chi connectivity index (χ4v) is 1.92. The molecule has 1 aromatic heterocycles. The summed E-state index contributed by atoms with van der Waals surface area (Å²) >= 11 is 0.